The maximum atomic E-state index is 3.85. The molecule has 0 unspecified atom stereocenters. The quantitative estimate of drug-likeness (QED) is 0.598. The Bertz CT molecular complexity index is 259. The lowest BCUT2D eigenvalue weighted by atomic mass is 10.0. The molecule has 56 valence electrons. The molecular formula is C11H12. The summed E-state index contributed by atoms with van der Waals surface area (Å²) in [5.74, 6) is 0. The van der Waals surface area contributed by atoms with Gasteiger partial charge in [-0.25, -0.2) is 0 Å². The van der Waals surface area contributed by atoms with Crippen LogP contribution in [0, 0.1) is 13.3 Å². The van der Waals surface area contributed by atoms with Crippen molar-refractivity contribution in [3.05, 3.63) is 54.8 Å². The highest BCUT2D eigenvalue weighted by Crippen LogP contribution is 2.14. The number of hydrogen-bond acceptors (Lipinski definition) is 0. The van der Waals surface area contributed by atoms with Crippen LogP contribution in [0.3, 0.4) is 0 Å². The van der Waals surface area contributed by atoms with Crippen LogP contribution in [0.25, 0.3) is 6.08 Å². The van der Waals surface area contributed by atoms with E-state index in [9.17, 15) is 0 Å². The monoisotopic (exact) mass is 144 g/mol. The zero-order valence-corrected chi connectivity index (χ0v) is 6.80. The summed E-state index contributed by atoms with van der Waals surface area (Å²) in [7, 11) is 0. The second kappa shape index (κ2) is 3.38. The molecule has 11 heavy (non-hydrogen) atoms. The largest absolute Gasteiger partial charge is 0.0985 e. The lowest BCUT2D eigenvalue weighted by Gasteiger charge is -2.02. The highest BCUT2D eigenvalue weighted by molar-refractivity contribution is 5.55. The van der Waals surface area contributed by atoms with Gasteiger partial charge in [0, 0.05) is 0 Å². The van der Waals surface area contributed by atoms with E-state index in [0.717, 1.165) is 5.56 Å². The molecule has 0 amide bonds. The van der Waals surface area contributed by atoms with Gasteiger partial charge in [-0.05, 0) is 30.0 Å². The fraction of sp³-hybridized carbons (Fsp3) is 0.0909. The third-order valence-corrected chi connectivity index (χ3v) is 1.68. The molecule has 0 aromatic heterocycles. The van der Waals surface area contributed by atoms with Crippen LogP contribution in [-0.4, -0.2) is 0 Å². The van der Waals surface area contributed by atoms with Gasteiger partial charge in [-0.3, -0.25) is 0 Å². The van der Waals surface area contributed by atoms with Crippen molar-refractivity contribution in [1.29, 1.82) is 0 Å². The second-order valence-corrected chi connectivity index (χ2v) is 2.46. The average molecular weight is 144 g/mol. The van der Waals surface area contributed by atoms with Crippen molar-refractivity contribution in [3.63, 3.8) is 0 Å². The molecule has 0 nitrogen and oxygen atoms in total. The molecule has 0 N–H and O–H groups in total. The van der Waals surface area contributed by atoms with Crippen LogP contribution in [0.4, 0.5) is 0 Å². The van der Waals surface area contributed by atoms with Gasteiger partial charge in [0.05, 0.1) is 0 Å². The minimum atomic E-state index is 1.05. The standard InChI is InChI=1S/C11H12/c1-4-10-7-6-9(3)8-11(10)5-2/h4-8H,1,3H2,2H3. The molecule has 0 bridgehead atoms. The molecule has 0 atom stereocenters. The Balaban J connectivity index is 3.16. The SMILES string of the molecule is [CH2]c1ccc(C=C)c([CH]C)c1. The van der Waals surface area contributed by atoms with E-state index in [1.165, 1.54) is 11.1 Å². The maximum Gasteiger partial charge on any atom is -0.0118 e. The summed E-state index contributed by atoms with van der Waals surface area (Å²) in [6.45, 7) is 9.59. The summed E-state index contributed by atoms with van der Waals surface area (Å²) in [5, 5.41) is 0. The Morgan fingerprint density at radius 3 is 2.55 bits per heavy atom. The molecular weight excluding hydrogens is 132 g/mol. The molecule has 1 aromatic carbocycles. The molecule has 0 aliphatic heterocycles. The molecule has 0 saturated carbocycles. The van der Waals surface area contributed by atoms with Crippen molar-refractivity contribution in [2.24, 2.45) is 0 Å². The van der Waals surface area contributed by atoms with E-state index in [1.807, 2.05) is 25.1 Å². The number of benzene rings is 1. The van der Waals surface area contributed by atoms with Crippen molar-refractivity contribution in [3.8, 4) is 0 Å². The van der Waals surface area contributed by atoms with Gasteiger partial charge in [0.2, 0.25) is 0 Å². The van der Waals surface area contributed by atoms with Crippen LogP contribution < -0.4 is 0 Å². The van der Waals surface area contributed by atoms with Gasteiger partial charge in [0.15, 0.2) is 0 Å². The highest BCUT2D eigenvalue weighted by Gasteiger charge is 1.95. The molecule has 0 aliphatic rings. The lowest BCUT2D eigenvalue weighted by molar-refractivity contribution is 1.39. The van der Waals surface area contributed by atoms with Crippen LogP contribution in [0.15, 0.2) is 24.8 Å². The smallest absolute Gasteiger partial charge is 0.0118 e. The van der Waals surface area contributed by atoms with Gasteiger partial charge in [-0.15, -0.1) is 0 Å². The Morgan fingerprint density at radius 1 is 1.27 bits per heavy atom. The first-order valence-electron chi connectivity index (χ1n) is 3.65. The first-order chi connectivity index (χ1) is 5.27. The van der Waals surface area contributed by atoms with E-state index in [2.05, 4.69) is 26.0 Å². The summed E-state index contributed by atoms with van der Waals surface area (Å²) in [6.07, 6.45) is 3.92. The molecule has 2 radical (unpaired) electrons. The van der Waals surface area contributed by atoms with E-state index in [-0.39, 0.29) is 0 Å². The molecule has 0 aliphatic carbocycles. The summed E-state index contributed by atoms with van der Waals surface area (Å²) < 4.78 is 0. The molecule has 0 spiro atoms. The molecule has 0 heteroatoms. The topological polar surface area (TPSA) is 0 Å². The Hall–Kier alpha value is -1.04. The second-order valence-electron chi connectivity index (χ2n) is 2.46. The van der Waals surface area contributed by atoms with Crippen molar-refractivity contribution in [1.82, 2.24) is 0 Å². The van der Waals surface area contributed by atoms with E-state index < -0.39 is 0 Å². The highest BCUT2D eigenvalue weighted by atomic mass is 14.0. The van der Waals surface area contributed by atoms with Gasteiger partial charge < -0.3 is 0 Å². The van der Waals surface area contributed by atoms with Gasteiger partial charge >= 0.3 is 0 Å². The average Bonchev–Trinajstić information content (AvgIpc) is 2.04. The molecule has 1 aromatic rings. The van der Waals surface area contributed by atoms with Crippen LogP contribution in [-0.2, 0) is 0 Å². The first kappa shape index (κ1) is 8.06. The van der Waals surface area contributed by atoms with E-state index in [1.54, 1.807) is 0 Å². The van der Waals surface area contributed by atoms with Gasteiger partial charge in [-0.2, -0.15) is 0 Å². The Kier molecular flexibility index (Phi) is 2.48. The maximum absolute atomic E-state index is 3.85. The summed E-state index contributed by atoms with van der Waals surface area (Å²) in [5.41, 5.74) is 3.41. The fourth-order valence-corrected chi connectivity index (χ4v) is 1.06. The zero-order valence-electron chi connectivity index (χ0n) is 6.80. The van der Waals surface area contributed by atoms with Crippen molar-refractivity contribution in [2.45, 2.75) is 6.92 Å². The fourth-order valence-electron chi connectivity index (χ4n) is 1.06. The molecule has 1 rings (SSSR count). The Morgan fingerprint density at radius 2 is 2.00 bits per heavy atom. The van der Waals surface area contributed by atoms with E-state index in [0.29, 0.717) is 0 Å². The lowest BCUT2D eigenvalue weighted by Crippen LogP contribution is -1.84. The third-order valence-electron chi connectivity index (χ3n) is 1.68. The number of hydrogen-bond donors (Lipinski definition) is 0. The normalized spacial score (nSPS) is 9.64. The Labute approximate surface area is 68.6 Å². The van der Waals surface area contributed by atoms with E-state index in [4.69, 9.17) is 0 Å². The molecule has 0 saturated heterocycles. The van der Waals surface area contributed by atoms with Gasteiger partial charge in [0.1, 0.15) is 0 Å². The van der Waals surface area contributed by atoms with Crippen LogP contribution in [0.1, 0.15) is 23.6 Å². The van der Waals surface area contributed by atoms with Crippen LogP contribution in [0.5, 0.6) is 0 Å². The van der Waals surface area contributed by atoms with Crippen LogP contribution >= 0.6 is 0 Å². The molecule has 0 heterocycles. The summed E-state index contributed by atoms with van der Waals surface area (Å²) >= 11 is 0. The number of rotatable bonds is 2. The minimum absolute atomic E-state index is 1.05. The van der Waals surface area contributed by atoms with E-state index >= 15 is 0 Å². The van der Waals surface area contributed by atoms with Gasteiger partial charge in [0.25, 0.3) is 0 Å². The minimum Gasteiger partial charge on any atom is -0.0985 e. The summed E-state index contributed by atoms with van der Waals surface area (Å²) in [4.78, 5) is 0. The summed E-state index contributed by atoms with van der Waals surface area (Å²) in [6, 6.07) is 6.08. The van der Waals surface area contributed by atoms with Crippen molar-refractivity contribution >= 4 is 6.08 Å². The van der Waals surface area contributed by atoms with Crippen molar-refractivity contribution in [2.75, 3.05) is 0 Å². The first-order valence-corrected chi connectivity index (χ1v) is 3.65. The van der Waals surface area contributed by atoms with Gasteiger partial charge in [-0.1, -0.05) is 37.8 Å². The predicted molar refractivity (Wildman–Crippen MR) is 50.1 cm³/mol. The molecule has 0 fully saturated rings. The zero-order chi connectivity index (χ0) is 8.27. The van der Waals surface area contributed by atoms with Crippen LogP contribution in [0.2, 0.25) is 0 Å². The third kappa shape index (κ3) is 1.70. The predicted octanol–water partition coefficient (Wildman–Crippen LogP) is 3.08. The van der Waals surface area contributed by atoms with Crippen molar-refractivity contribution < 1.29 is 0 Å².